The van der Waals surface area contributed by atoms with E-state index >= 15 is 0 Å². The van der Waals surface area contributed by atoms with Crippen LogP contribution in [0.3, 0.4) is 0 Å². The molecule has 1 atom stereocenters. The maximum absolute atomic E-state index is 12.6. The van der Waals surface area contributed by atoms with Crippen LogP contribution >= 0.6 is 0 Å². The summed E-state index contributed by atoms with van der Waals surface area (Å²) in [4.78, 5) is 21.4. The van der Waals surface area contributed by atoms with Crippen LogP contribution in [-0.2, 0) is 6.54 Å². The molecule has 0 aliphatic heterocycles. The van der Waals surface area contributed by atoms with Crippen molar-refractivity contribution in [3.05, 3.63) is 89.5 Å². The van der Waals surface area contributed by atoms with Crippen LogP contribution in [0.2, 0.25) is 0 Å². The van der Waals surface area contributed by atoms with Crippen LogP contribution < -0.4 is 10.1 Å². The van der Waals surface area contributed by atoms with Crippen molar-refractivity contribution in [1.82, 2.24) is 19.9 Å². The molecular formula is C25H26N4O2. The van der Waals surface area contributed by atoms with Gasteiger partial charge in [-0.05, 0) is 56.2 Å². The van der Waals surface area contributed by atoms with Gasteiger partial charge in [0, 0.05) is 18.0 Å². The average molecular weight is 415 g/mol. The highest BCUT2D eigenvalue weighted by Crippen LogP contribution is 2.24. The first kappa shape index (κ1) is 20.6. The molecule has 0 aliphatic carbocycles. The molecule has 2 aromatic carbocycles. The van der Waals surface area contributed by atoms with Crippen molar-refractivity contribution in [1.29, 1.82) is 0 Å². The van der Waals surface area contributed by atoms with E-state index in [-0.39, 0.29) is 11.9 Å². The fourth-order valence-corrected chi connectivity index (χ4v) is 3.77. The second-order valence-corrected chi connectivity index (χ2v) is 7.61. The maximum atomic E-state index is 12.6. The van der Waals surface area contributed by atoms with Gasteiger partial charge in [0.1, 0.15) is 18.2 Å². The Morgan fingerprint density at radius 2 is 1.74 bits per heavy atom. The predicted octanol–water partition coefficient (Wildman–Crippen LogP) is 4.62. The number of aryl methyl sites for hydroxylation is 2. The maximum Gasteiger partial charge on any atom is 0.251 e. The number of pyridine rings is 1. The van der Waals surface area contributed by atoms with E-state index in [1.165, 1.54) is 0 Å². The second-order valence-electron chi connectivity index (χ2n) is 7.61. The van der Waals surface area contributed by atoms with Crippen molar-refractivity contribution >= 4 is 16.9 Å². The van der Waals surface area contributed by atoms with Gasteiger partial charge < -0.3 is 14.6 Å². The lowest BCUT2D eigenvalue weighted by Gasteiger charge is -2.17. The molecule has 1 N–H and O–H groups in total. The van der Waals surface area contributed by atoms with Crippen molar-refractivity contribution in [2.45, 2.75) is 33.4 Å². The van der Waals surface area contributed by atoms with Crippen LogP contribution in [0.5, 0.6) is 5.75 Å². The number of nitrogens with one attached hydrogen (secondary N) is 1. The SMILES string of the molecule is Cc1cccc(C)c1OCCn1c(C(C)NC(=O)c2ccncc2)nc2ccccc21. The molecule has 31 heavy (non-hydrogen) atoms. The Labute approximate surface area is 181 Å². The van der Waals surface area contributed by atoms with Crippen molar-refractivity contribution in [2.75, 3.05) is 6.61 Å². The van der Waals surface area contributed by atoms with Crippen molar-refractivity contribution < 1.29 is 9.53 Å². The molecule has 1 amide bonds. The van der Waals surface area contributed by atoms with Gasteiger partial charge in [0.2, 0.25) is 0 Å². The third kappa shape index (κ3) is 4.43. The molecule has 1 unspecified atom stereocenters. The first-order valence-corrected chi connectivity index (χ1v) is 10.4. The summed E-state index contributed by atoms with van der Waals surface area (Å²) in [5, 5.41) is 3.05. The van der Waals surface area contributed by atoms with Gasteiger partial charge in [0.05, 0.1) is 23.6 Å². The fraction of sp³-hybridized carbons (Fsp3) is 0.240. The van der Waals surface area contributed by atoms with Gasteiger partial charge in [-0.15, -0.1) is 0 Å². The lowest BCUT2D eigenvalue weighted by molar-refractivity contribution is 0.0937. The number of benzene rings is 2. The third-order valence-electron chi connectivity index (χ3n) is 5.33. The fourth-order valence-electron chi connectivity index (χ4n) is 3.77. The molecule has 2 heterocycles. The minimum Gasteiger partial charge on any atom is -0.491 e. The minimum absolute atomic E-state index is 0.153. The van der Waals surface area contributed by atoms with E-state index in [1.807, 2.05) is 37.3 Å². The zero-order valence-corrected chi connectivity index (χ0v) is 18.0. The van der Waals surface area contributed by atoms with E-state index in [9.17, 15) is 4.79 Å². The number of nitrogens with zero attached hydrogens (tertiary/aromatic N) is 3. The minimum atomic E-state index is -0.270. The summed E-state index contributed by atoms with van der Waals surface area (Å²) < 4.78 is 8.26. The number of rotatable bonds is 7. The summed E-state index contributed by atoms with van der Waals surface area (Å²) in [5.41, 5.74) is 4.73. The quantitative estimate of drug-likeness (QED) is 0.479. The van der Waals surface area contributed by atoms with Crippen LogP contribution in [0.4, 0.5) is 0 Å². The lowest BCUT2D eigenvalue weighted by atomic mass is 10.1. The highest BCUT2D eigenvalue weighted by atomic mass is 16.5. The van der Waals surface area contributed by atoms with E-state index in [0.29, 0.717) is 18.7 Å². The van der Waals surface area contributed by atoms with Gasteiger partial charge in [-0.1, -0.05) is 30.3 Å². The Kier molecular flexibility index (Phi) is 5.98. The van der Waals surface area contributed by atoms with Crippen molar-refractivity contribution in [3.8, 4) is 5.75 Å². The third-order valence-corrected chi connectivity index (χ3v) is 5.33. The van der Waals surface area contributed by atoms with Gasteiger partial charge in [0.15, 0.2) is 0 Å². The van der Waals surface area contributed by atoms with Crippen LogP contribution in [0.1, 0.15) is 40.3 Å². The monoisotopic (exact) mass is 414 g/mol. The zero-order valence-electron chi connectivity index (χ0n) is 18.0. The summed E-state index contributed by atoms with van der Waals surface area (Å²) in [7, 11) is 0. The molecule has 0 fully saturated rings. The number of carbonyl (C=O) groups is 1. The molecule has 158 valence electrons. The van der Waals surface area contributed by atoms with Gasteiger partial charge in [-0.2, -0.15) is 0 Å². The number of ether oxygens (including phenoxy) is 1. The molecular weight excluding hydrogens is 388 g/mol. The normalized spacial score (nSPS) is 12.0. The summed E-state index contributed by atoms with van der Waals surface area (Å²) >= 11 is 0. The molecule has 0 spiro atoms. The molecule has 0 saturated carbocycles. The van der Waals surface area contributed by atoms with Crippen molar-refractivity contribution in [2.24, 2.45) is 0 Å². The van der Waals surface area contributed by atoms with Crippen molar-refractivity contribution in [3.63, 3.8) is 0 Å². The highest BCUT2D eigenvalue weighted by molar-refractivity contribution is 5.94. The molecule has 4 aromatic rings. The van der Waals surface area contributed by atoms with Gasteiger partial charge >= 0.3 is 0 Å². The molecule has 2 aromatic heterocycles. The summed E-state index contributed by atoms with van der Waals surface area (Å²) in [6.45, 7) is 7.18. The summed E-state index contributed by atoms with van der Waals surface area (Å²) in [6, 6.07) is 17.3. The molecule has 0 radical (unpaired) electrons. The molecule has 6 heteroatoms. The largest absolute Gasteiger partial charge is 0.491 e. The Bertz CT molecular complexity index is 1180. The summed E-state index contributed by atoms with van der Waals surface area (Å²) in [6.07, 6.45) is 3.22. The Morgan fingerprint density at radius 1 is 1.03 bits per heavy atom. The van der Waals surface area contributed by atoms with Gasteiger partial charge in [-0.3, -0.25) is 9.78 Å². The Hall–Kier alpha value is -3.67. The summed E-state index contributed by atoms with van der Waals surface area (Å²) in [5.74, 6) is 1.57. The number of fused-ring (bicyclic) bond motifs is 1. The number of carbonyl (C=O) groups excluding carboxylic acids is 1. The van der Waals surface area contributed by atoms with Crippen LogP contribution in [0.15, 0.2) is 67.0 Å². The second kappa shape index (κ2) is 9.00. The molecule has 0 saturated heterocycles. The van der Waals surface area contributed by atoms with E-state index in [1.54, 1.807) is 24.5 Å². The standard InChI is InChI=1S/C25H26N4O2/c1-17-7-6-8-18(2)23(17)31-16-15-29-22-10-5-4-9-21(22)28-24(29)19(3)27-25(30)20-11-13-26-14-12-20/h4-14,19H,15-16H2,1-3H3,(H,27,30). The molecule has 0 bridgehead atoms. The molecule has 0 aliphatic rings. The number of para-hydroxylation sites is 3. The van der Waals surface area contributed by atoms with E-state index in [0.717, 1.165) is 33.7 Å². The lowest BCUT2D eigenvalue weighted by Crippen LogP contribution is -2.29. The number of imidazole rings is 1. The van der Waals surface area contributed by atoms with E-state index in [4.69, 9.17) is 9.72 Å². The number of aromatic nitrogens is 3. The van der Waals surface area contributed by atoms with Gasteiger partial charge in [0.25, 0.3) is 5.91 Å². The smallest absolute Gasteiger partial charge is 0.251 e. The van der Waals surface area contributed by atoms with Gasteiger partial charge in [-0.25, -0.2) is 4.98 Å². The predicted molar refractivity (Wildman–Crippen MR) is 121 cm³/mol. The Balaban J connectivity index is 1.56. The van der Waals surface area contributed by atoms with Crippen LogP contribution in [0, 0.1) is 13.8 Å². The van der Waals surface area contributed by atoms with E-state index in [2.05, 4.69) is 40.8 Å². The van der Waals surface area contributed by atoms with Crippen LogP contribution in [0.25, 0.3) is 11.0 Å². The first-order valence-electron chi connectivity index (χ1n) is 10.4. The zero-order chi connectivity index (χ0) is 21.8. The Morgan fingerprint density at radius 3 is 2.48 bits per heavy atom. The number of hydrogen-bond acceptors (Lipinski definition) is 4. The topological polar surface area (TPSA) is 69.0 Å². The highest BCUT2D eigenvalue weighted by Gasteiger charge is 2.19. The number of hydrogen-bond donors (Lipinski definition) is 1. The molecule has 6 nitrogen and oxygen atoms in total. The first-order chi connectivity index (χ1) is 15.0. The van der Waals surface area contributed by atoms with Crippen LogP contribution in [-0.4, -0.2) is 27.0 Å². The average Bonchev–Trinajstić information content (AvgIpc) is 3.15. The number of amides is 1. The van der Waals surface area contributed by atoms with E-state index < -0.39 is 0 Å². The molecule has 4 rings (SSSR count).